The van der Waals surface area contributed by atoms with E-state index in [1.807, 2.05) is 12.1 Å². The number of rotatable bonds is 3. The highest BCUT2D eigenvalue weighted by Crippen LogP contribution is 2.39. The van der Waals surface area contributed by atoms with Crippen LogP contribution in [0, 0.1) is 0 Å². The first-order valence-electron chi connectivity index (χ1n) is 6.83. The summed E-state index contributed by atoms with van der Waals surface area (Å²) in [6, 6.07) is 3.84. The van der Waals surface area contributed by atoms with E-state index < -0.39 is 0 Å². The smallest absolute Gasteiger partial charge is 0.237 e. The number of carbonyl (C=O) groups is 1. The Morgan fingerprint density at radius 1 is 1.35 bits per heavy atom. The van der Waals surface area contributed by atoms with Gasteiger partial charge in [0, 0.05) is 13.1 Å². The second-order valence-electron chi connectivity index (χ2n) is 5.03. The lowest BCUT2D eigenvalue weighted by Gasteiger charge is -2.15. The number of fused-ring (bicyclic) bond motifs is 1. The summed E-state index contributed by atoms with van der Waals surface area (Å²) >= 11 is 3.48. The molecule has 1 saturated heterocycles. The first-order chi connectivity index (χ1) is 9.74. The Kier molecular flexibility index (Phi) is 4.12. The fourth-order valence-corrected chi connectivity index (χ4v) is 3.10. The van der Waals surface area contributed by atoms with Gasteiger partial charge in [-0.2, -0.15) is 0 Å². The Hall–Kier alpha value is -1.27. The number of nitrogens with one attached hydrogen (secondary N) is 2. The van der Waals surface area contributed by atoms with E-state index in [0.717, 1.165) is 47.3 Å². The fraction of sp³-hybridized carbons (Fsp3) is 0.500. The zero-order valence-corrected chi connectivity index (χ0v) is 12.7. The van der Waals surface area contributed by atoms with Crippen LogP contribution in [0.15, 0.2) is 16.6 Å². The van der Waals surface area contributed by atoms with Crippen LogP contribution in [0.3, 0.4) is 0 Å². The zero-order chi connectivity index (χ0) is 13.9. The molecule has 0 aliphatic carbocycles. The molecule has 1 aromatic carbocycles. The third-order valence-electron chi connectivity index (χ3n) is 3.57. The Labute approximate surface area is 126 Å². The van der Waals surface area contributed by atoms with Crippen LogP contribution in [-0.4, -0.2) is 25.3 Å². The monoisotopic (exact) mass is 340 g/mol. The molecule has 2 heterocycles. The molecule has 1 atom stereocenters. The molecule has 2 aliphatic rings. The van der Waals surface area contributed by atoms with Gasteiger partial charge < -0.3 is 20.1 Å². The molecule has 6 heteroatoms. The second-order valence-corrected chi connectivity index (χ2v) is 5.89. The number of hydrogen-bond acceptors (Lipinski definition) is 4. The lowest BCUT2D eigenvalue weighted by molar-refractivity contribution is -0.122. The first-order valence-corrected chi connectivity index (χ1v) is 7.62. The van der Waals surface area contributed by atoms with Crippen LogP contribution in [0.5, 0.6) is 11.5 Å². The van der Waals surface area contributed by atoms with E-state index in [9.17, 15) is 4.79 Å². The van der Waals surface area contributed by atoms with Crippen molar-refractivity contribution in [3.05, 3.63) is 22.2 Å². The summed E-state index contributed by atoms with van der Waals surface area (Å²) in [5.74, 6) is 1.60. The van der Waals surface area contributed by atoms with Crippen LogP contribution in [-0.2, 0) is 11.3 Å². The maximum absolute atomic E-state index is 11.9. The number of amides is 1. The van der Waals surface area contributed by atoms with Crippen LogP contribution < -0.4 is 20.1 Å². The number of halogens is 1. The van der Waals surface area contributed by atoms with E-state index in [4.69, 9.17) is 9.47 Å². The zero-order valence-electron chi connectivity index (χ0n) is 11.1. The van der Waals surface area contributed by atoms with Gasteiger partial charge in [-0.1, -0.05) is 0 Å². The molecule has 108 valence electrons. The van der Waals surface area contributed by atoms with Crippen molar-refractivity contribution in [3.63, 3.8) is 0 Å². The Bertz CT molecular complexity index is 521. The minimum absolute atomic E-state index is 0.0994. The molecule has 2 aliphatic heterocycles. The molecule has 1 unspecified atom stereocenters. The molecule has 1 fully saturated rings. The van der Waals surface area contributed by atoms with Crippen LogP contribution in [0.25, 0.3) is 0 Å². The van der Waals surface area contributed by atoms with Crippen molar-refractivity contribution in [2.24, 2.45) is 0 Å². The van der Waals surface area contributed by atoms with E-state index in [1.54, 1.807) is 0 Å². The maximum atomic E-state index is 11.9. The summed E-state index contributed by atoms with van der Waals surface area (Å²) in [4.78, 5) is 11.9. The lowest BCUT2D eigenvalue weighted by atomic mass is 10.1. The Morgan fingerprint density at radius 2 is 2.25 bits per heavy atom. The summed E-state index contributed by atoms with van der Waals surface area (Å²) in [7, 11) is 0. The van der Waals surface area contributed by atoms with Crippen LogP contribution in [0.2, 0.25) is 0 Å². The van der Waals surface area contributed by atoms with Crippen molar-refractivity contribution in [2.45, 2.75) is 31.8 Å². The Balaban J connectivity index is 1.66. The number of benzene rings is 1. The van der Waals surface area contributed by atoms with Gasteiger partial charge >= 0.3 is 0 Å². The average Bonchev–Trinajstić information content (AvgIpc) is 2.81. The topological polar surface area (TPSA) is 59.6 Å². The van der Waals surface area contributed by atoms with Crippen LogP contribution in [0.1, 0.15) is 24.8 Å². The van der Waals surface area contributed by atoms with Crippen molar-refractivity contribution in [3.8, 4) is 11.5 Å². The molecule has 0 aromatic heterocycles. The van der Waals surface area contributed by atoms with E-state index in [1.165, 1.54) is 0 Å². The summed E-state index contributed by atoms with van der Waals surface area (Å²) < 4.78 is 11.6. The molecule has 20 heavy (non-hydrogen) atoms. The highest BCUT2D eigenvalue weighted by Gasteiger charge is 2.21. The van der Waals surface area contributed by atoms with Gasteiger partial charge in [-0.25, -0.2) is 0 Å². The van der Waals surface area contributed by atoms with Crippen molar-refractivity contribution in [1.29, 1.82) is 0 Å². The summed E-state index contributed by atoms with van der Waals surface area (Å²) in [5, 5.41) is 6.25. The SMILES string of the molecule is O=C1NCCCCC1NCc1cc(Br)c2c(c1)OCO2. The number of hydrogen-bond donors (Lipinski definition) is 2. The largest absolute Gasteiger partial charge is 0.454 e. The van der Waals surface area contributed by atoms with Gasteiger partial charge in [0.05, 0.1) is 10.5 Å². The third kappa shape index (κ3) is 2.91. The van der Waals surface area contributed by atoms with Gasteiger partial charge in [0.1, 0.15) is 0 Å². The minimum atomic E-state index is -0.110. The predicted octanol–water partition coefficient (Wildman–Crippen LogP) is 1.94. The molecule has 0 spiro atoms. The summed E-state index contributed by atoms with van der Waals surface area (Å²) in [5.41, 5.74) is 1.07. The van der Waals surface area contributed by atoms with E-state index in [2.05, 4.69) is 26.6 Å². The van der Waals surface area contributed by atoms with Gasteiger partial charge in [0.15, 0.2) is 11.5 Å². The van der Waals surface area contributed by atoms with E-state index in [-0.39, 0.29) is 18.7 Å². The molecule has 1 amide bonds. The third-order valence-corrected chi connectivity index (χ3v) is 4.16. The number of ether oxygens (including phenoxy) is 2. The van der Waals surface area contributed by atoms with Crippen molar-refractivity contribution in [1.82, 2.24) is 10.6 Å². The fourth-order valence-electron chi connectivity index (χ4n) is 2.50. The number of carbonyl (C=O) groups excluding carboxylic acids is 1. The highest BCUT2D eigenvalue weighted by atomic mass is 79.9. The van der Waals surface area contributed by atoms with Crippen molar-refractivity contribution >= 4 is 21.8 Å². The molecular formula is C14H17BrN2O3. The minimum Gasteiger partial charge on any atom is -0.454 e. The standard InChI is InChI=1S/C14H17BrN2O3/c15-10-5-9(6-12-13(10)20-8-19-12)7-17-11-3-1-2-4-16-14(11)18/h5-6,11,17H,1-4,7-8H2,(H,16,18). The van der Waals surface area contributed by atoms with Crippen molar-refractivity contribution in [2.75, 3.05) is 13.3 Å². The molecular weight excluding hydrogens is 324 g/mol. The van der Waals surface area contributed by atoms with E-state index >= 15 is 0 Å². The summed E-state index contributed by atoms with van der Waals surface area (Å²) in [6.45, 7) is 1.68. The normalized spacial score (nSPS) is 21.4. The van der Waals surface area contributed by atoms with E-state index in [0.29, 0.717) is 6.54 Å². The second kappa shape index (κ2) is 6.01. The quantitative estimate of drug-likeness (QED) is 0.882. The maximum Gasteiger partial charge on any atom is 0.237 e. The first kappa shape index (κ1) is 13.7. The molecule has 0 radical (unpaired) electrons. The van der Waals surface area contributed by atoms with Crippen LogP contribution >= 0.6 is 15.9 Å². The lowest BCUT2D eigenvalue weighted by Crippen LogP contribution is -2.42. The average molecular weight is 341 g/mol. The molecule has 0 saturated carbocycles. The van der Waals surface area contributed by atoms with Gasteiger partial charge in [-0.15, -0.1) is 0 Å². The van der Waals surface area contributed by atoms with Crippen molar-refractivity contribution < 1.29 is 14.3 Å². The van der Waals surface area contributed by atoms with Gasteiger partial charge in [0.25, 0.3) is 0 Å². The Morgan fingerprint density at radius 3 is 3.15 bits per heavy atom. The van der Waals surface area contributed by atoms with Crippen LogP contribution in [0.4, 0.5) is 0 Å². The molecule has 3 rings (SSSR count). The summed E-state index contributed by atoms with van der Waals surface area (Å²) in [6.07, 6.45) is 3.01. The molecule has 1 aromatic rings. The molecule has 0 bridgehead atoms. The predicted molar refractivity (Wildman–Crippen MR) is 77.8 cm³/mol. The van der Waals surface area contributed by atoms with Gasteiger partial charge in [0.2, 0.25) is 12.7 Å². The molecule has 5 nitrogen and oxygen atoms in total. The molecule has 2 N–H and O–H groups in total. The van der Waals surface area contributed by atoms with Gasteiger partial charge in [-0.3, -0.25) is 4.79 Å². The highest BCUT2D eigenvalue weighted by molar-refractivity contribution is 9.10. The van der Waals surface area contributed by atoms with Gasteiger partial charge in [-0.05, 0) is 52.9 Å².